The van der Waals surface area contributed by atoms with Crippen molar-refractivity contribution in [3.05, 3.63) is 46.4 Å². The van der Waals surface area contributed by atoms with Crippen LogP contribution in [0.25, 0.3) is 0 Å². The molecule has 26 heavy (non-hydrogen) atoms. The highest BCUT2D eigenvalue weighted by Gasteiger charge is 2.14. The molecular weight excluding hydrogens is 377 g/mol. The average Bonchev–Trinajstić information content (AvgIpc) is 2.62. The second kappa shape index (κ2) is 8.49. The summed E-state index contributed by atoms with van der Waals surface area (Å²) in [5.41, 5.74) is 8.28. The zero-order chi connectivity index (χ0) is 18.5. The van der Waals surface area contributed by atoms with Crippen molar-refractivity contribution in [3.8, 4) is 5.75 Å². The molecule has 1 aliphatic heterocycles. The summed E-state index contributed by atoms with van der Waals surface area (Å²) in [5, 5.41) is 3.61. The molecule has 0 aliphatic carbocycles. The molecule has 1 heterocycles. The van der Waals surface area contributed by atoms with E-state index in [9.17, 15) is 4.79 Å². The van der Waals surface area contributed by atoms with Crippen LogP contribution >= 0.6 is 23.2 Å². The molecule has 2 aromatic carbocycles. The van der Waals surface area contributed by atoms with E-state index in [1.807, 2.05) is 12.1 Å². The largest absolute Gasteiger partial charge is 0.482 e. The number of benzene rings is 2. The topological polar surface area (TPSA) is 76.8 Å². The van der Waals surface area contributed by atoms with Crippen LogP contribution in [0.1, 0.15) is 0 Å². The van der Waals surface area contributed by atoms with Crippen LogP contribution in [-0.4, -0.2) is 38.8 Å². The molecule has 2 aromatic rings. The van der Waals surface area contributed by atoms with Gasteiger partial charge in [0.25, 0.3) is 5.91 Å². The summed E-state index contributed by atoms with van der Waals surface area (Å²) >= 11 is 11.8. The van der Waals surface area contributed by atoms with Crippen molar-refractivity contribution in [2.45, 2.75) is 0 Å². The van der Waals surface area contributed by atoms with E-state index >= 15 is 0 Å². The van der Waals surface area contributed by atoms with Crippen LogP contribution in [0.3, 0.4) is 0 Å². The Morgan fingerprint density at radius 2 is 1.96 bits per heavy atom. The van der Waals surface area contributed by atoms with Crippen molar-refractivity contribution in [1.29, 1.82) is 0 Å². The summed E-state index contributed by atoms with van der Waals surface area (Å²) in [6.45, 7) is 2.79. The van der Waals surface area contributed by atoms with E-state index in [0.29, 0.717) is 40.4 Å². The number of morpholine rings is 1. The Morgan fingerprint density at radius 1 is 1.19 bits per heavy atom. The SMILES string of the molecule is Nc1cc(NC(=O)COc2ccc(Cl)cc2Cl)ccc1N1CCOCC1. The molecule has 3 N–H and O–H groups in total. The van der Waals surface area contributed by atoms with E-state index in [-0.39, 0.29) is 12.5 Å². The van der Waals surface area contributed by atoms with Crippen LogP contribution in [0.4, 0.5) is 17.1 Å². The monoisotopic (exact) mass is 395 g/mol. The summed E-state index contributed by atoms with van der Waals surface area (Å²) in [4.78, 5) is 14.3. The third-order valence-electron chi connectivity index (χ3n) is 3.92. The number of carbonyl (C=O) groups excluding carboxylic acids is 1. The lowest BCUT2D eigenvalue weighted by atomic mass is 10.2. The molecule has 1 amide bonds. The molecule has 1 aliphatic rings. The van der Waals surface area contributed by atoms with Crippen LogP contribution in [-0.2, 0) is 9.53 Å². The van der Waals surface area contributed by atoms with E-state index in [1.54, 1.807) is 24.3 Å². The van der Waals surface area contributed by atoms with Gasteiger partial charge in [-0.25, -0.2) is 0 Å². The summed E-state index contributed by atoms with van der Waals surface area (Å²) in [6, 6.07) is 10.3. The molecule has 0 atom stereocenters. The zero-order valence-electron chi connectivity index (χ0n) is 14.0. The normalized spacial score (nSPS) is 14.2. The minimum Gasteiger partial charge on any atom is -0.482 e. The van der Waals surface area contributed by atoms with Gasteiger partial charge in [0.2, 0.25) is 0 Å². The van der Waals surface area contributed by atoms with Crippen molar-refractivity contribution >= 4 is 46.2 Å². The van der Waals surface area contributed by atoms with E-state index in [0.717, 1.165) is 18.8 Å². The highest BCUT2D eigenvalue weighted by Crippen LogP contribution is 2.28. The molecule has 138 valence electrons. The maximum Gasteiger partial charge on any atom is 0.262 e. The molecule has 1 fully saturated rings. The Morgan fingerprint density at radius 3 is 2.65 bits per heavy atom. The predicted molar refractivity (Wildman–Crippen MR) is 104 cm³/mol. The number of carbonyl (C=O) groups is 1. The Hall–Kier alpha value is -2.15. The second-order valence-corrected chi connectivity index (χ2v) is 6.63. The summed E-state index contributed by atoms with van der Waals surface area (Å²) in [6.07, 6.45) is 0. The number of amides is 1. The number of hydrogen-bond acceptors (Lipinski definition) is 5. The molecule has 0 spiro atoms. The standard InChI is InChI=1S/C18H19Cl2N3O3/c19-12-1-4-17(14(20)9-12)26-11-18(24)22-13-2-3-16(15(21)10-13)23-5-7-25-8-6-23/h1-4,9-10H,5-8,11,21H2,(H,22,24). The van der Waals surface area contributed by atoms with Gasteiger partial charge >= 0.3 is 0 Å². The molecule has 0 unspecified atom stereocenters. The van der Waals surface area contributed by atoms with E-state index < -0.39 is 0 Å². The number of nitrogen functional groups attached to an aromatic ring is 1. The molecule has 1 saturated heterocycles. The quantitative estimate of drug-likeness (QED) is 0.758. The first-order chi connectivity index (χ1) is 12.5. The molecular formula is C18H19Cl2N3O3. The zero-order valence-corrected chi connectivity index (χ0v) is 15.5. The van der Waals surface area contributed by atoms with E-state index in [2.05, 4.69) is 10.2 Å². The van der Waals surface area contributed by atoms with Crippen LogP contribution in [0.2, 0.25) is 10.0 Å². The highest BCUT2D eigenvalue weighted by atomic mass is 35.5. The lowest BCUT2D eigenvalue weighted by Gasteiger charge is -2.30. The number of hydrogen-bond donors (Lipinski definition) is 2. The Labute approximate surface area is 161 Å². The Kier molecular flexibility index (Phi) is 6.08. The molecule has 8 heteroatoms. The number of anilines is 3. The first kappa shape index (κ1) is 18.6. The first-order valence-corrected chi connectivity index (χ1v) is 8.88. The minimum absolute atomic E-state index is 0.174. The average molecular weight is 396 g/mol. The van der Waals surface area contributed by atoms with Crippen LogP contribution in [0.15, 0.2) is 36.4 Å². The van der Waals surface area contributed by atoms with Gasteiger partial charge in [-0.15, -0.1) is 0 Å². The number of ether oxygens (including phenoxy) is 2. The number of nitrogens with one attached hydrogen (secondary N) is 1. The van der Waals surface area contributed by atoms with Gasteiger partial charge in [0, 0.05) is 23.8 Å². The van der Waals surface area contributed by atoms with Gasteiger partial charge in [0.05, 0.1) is 29.6 Å². The maximum atomic E-state index is 12.1. The fourth-order valence-electron chi connectivity index (χ4n) is 2.66. The molecule has 6 nitrogen and oxygen atoms in total. The van der Waals surface area contributed by atoms with Crippen LogP contribution in [0, 0.1) is 0 Å². The first-order valence-electron chi connectivity index (χ1n) is 8.13. The lowest BCUT2D eigenvalue weighted by Crippen LogP contribution is -2.36. The van der Waals surface area contributed by atoms with Gasteiger partial charge in [-0.2, -0.15) is 0 Å². The summed E-state index contributed by atoms with van der Waals surface area (Å²) in [7, 11) is 0. The van der Waals surface area contributed by atoms with Gasteiger partial charge in [-0.3, -0.25) is 4.79 Å². The Bertz CT molecular complexity index is 795. The molecule has 3 rings (SSSR count). The predicted octanol–water partition coefficient (Wildman–Crippen LogP) is 3.43. The second-order valence-electron chi connectivity index (χ2n) is 5.78. The number of nitrogens with two attached hydrogens (primary N) is 1. The van der Waals surface area contributed by atoms with Gasteiger partial charge in [0.1, 0.15) is 5.75 Å². The third kappa shape index (κ3) is 4.72. The number of rotatable bonds is 5. The molecule has 0 radical (unpaired) electrons. The minimum atomic E-state index is -0.311. The van der Waals surface area contributed by atoms with Crippen LogP contribution < -0.4 is 20.7 Å². The van der Waals surface area contributed by atoms with Crippen molar-refractivity contribution in [2.75, 3.05) is 48.9 Å². The van der Waals surface area contributed by atoms with Gasteiger partial charge in [-0.05, 0) is 36.4 Å². The van der Waals surface area contributed by atoms with Crippen molar-refractivity contribution in [1.82, 2.24) is 0 Å². The maximum absolute atomic E-state index is 12.1. The molecule has 0 bridgehead atoms. The van der Waals surface area contributed by atoms with Crippen LogP contribution in [0.5, 0.6) is 5.75 Å². The van der Waals surface area contributed by atoms with E-state index in [4.69, 9.17) is 38.4 Å². The summed E-state index contributed by atoms with van der Waals surface area (Å²) < 4.78 is 10.8. The van der Waals surface area contributed by atoms with Gasteiger partial charge in [0.15, 0.2) is 6.61 Å². The smallest absolute Gasteiger partial charge is 0.262 e. The lowest BCUT2D eigenvalue weighted by molar-refractivity contribution is -0.118. The van der Waals surface area contributed by atoms with Crippen molar-refractivity contribution in [3.63, 3.8) is 0 Å². The van der Waals surface area contributed by atoms with Gasteiger partial charge in [-0.1, -0.05) is 23.2 Å². The van der Waals surface area contributed by atoms with Crippen molar-refractivity contribution < 1.29 is 14.3 Å². The van der Waals surface area contributed by atoms with Crippen molar-refractivity contribution in [2.24, 2.45) is 0 Å². The fourth-order valence-corrected chi connectivity index (χ4v) is 3.12. The van der Waals surface area contributed by atoms with E-state index in [1.165, 1.54) is 0 Å². The highest BCUT2D eigenvalue weighted by molar-refractivity contribution is 6.35. The fraction of sp³-hybridized carbons (Fsp3) is 0.278. The van der Waals surface area contributed by atoms with Gasteiger partial charge < -0.3 is 25.4 Å². The molecule has 0 saturated carbocycles. The Balaban J connectivity index is 1.57. The molecule has 0 aromatic heterocycles. The number of nitrogens with zero attached hydrogens (tertiary/aromatic N) is 1. The third-order valence-corrected chi connectivity index (χ3v) is 4.45. The number of halogens is 2. The summed E-state index contributed by atoms with van der Waals surface area (Å²) in [5.74, 6) is 0.0861.